The minimum absolute atomic E-state index is 0.170. The van der Waals surface area contributed by atoms with Crippen molar-refractivity contribution in [3.8, 4) is 0 Å². The fraction of sp³-hybridized carbons (Fsp3) is 0.500. The van der Waals surface area contributed by atoms with E-state index in [1.165, 1.54) is 10.4 Å². The van der Waals surface area contributed by atoms with Crippen molar-refractivity contribution >= 4 is 15.7 Å². The summed E-state index contributed by atoms with van der Waals surface area (Å²) in [7, 11) is -1.94. The summed E-state index contributed by atoms with van der Waals surface area (Å²) in [6.45, 7) is 5.74. The second-order valence-corrected chi connectivity index (χ2v) is 6.61. The maximum absolute atomic E-state index is 12.4. The van der Waals surface area contributed by atoms with Gasteiger partial charge in [0.1, 0.15) is 4.90 Å². The molecular weight excluding hydrogens is 236 g/mol. The number of nitrogens with two attached hydrogens (primary N) is 1. The van der Waals surface area contributed by atoms with E-state index in [1.54, 1.807) is 25.2 Å². The van der Waals surface area contributed by atoms with Gasteiger partial charge in [-0.25, -0.2) is 8.42 Å². The van der Waals surface area contributed by atoms with Gasteiger partial charge in [-0.3, -0.25) is 0 Å². The molecule has 0 bridgehead atoms. The van der Waals surface area contributed by atoms with Crippen molar-refractivity contribution < 1.29 is 8.42 Å². The van der Waals surface area contributed by atoms with Crippen molar-refractivity contribution in [1.82, 2.24) is 4.31 Å². The third-order valence-electron chi connectivity index (χ3n) is 3.28. The van der Waals surface area contributed by atoms with Crippen molar-refractivity contribution in [2.75, 3.05) is 12.8 Å². The van der Waals surface area contributed by atoms with Crippen LogP contribution in [0.15, 0.2) is 29.2 Å². The SMILES string of the molecule is CCC(C)(C)N(C)S(=O)(=O)c1ccccc1N. The topological polar surface area (TPSA) is 63.4 Å². The van der Waals surface area contributed by atoms with Crippen LogP contribution in [0.1, 0.15) is 27.2 Å². The van der Waals surface area contributed by atoms with E-state index in [0.29, 0.717) is 0 Å². The Hall–Kier alpha value is -1.07. The summed E-state index contributed by atoms with van der Waals surface area (Å²) in [4.78, 5) is 0.170. The van der Waals surface area contributed by atoms with Crippen LogP contribution in [0.2, 0.25) is 0 Å². The molecule has 0 atom stereocenters. The van der Waals surface area contributed by atoms with E-state index in [9.17, 15) is 8.42 Å². The molecule has 96 valence electrons. The molecule has 1 rings (SSSR count). The van der Waals surface area contributed by atoms with Crippen molar-refractivity contribution in [3.05, 3.63) is 24.3 Å². The number of anilines is 1. The van der Waals surface area contributed by atoms with Gasteiger partial charge in [-0.1, -0.05) is 19.1 Å². The van der Waals surface area contributed by atoms with E-state index in [1.807, 2.05) is 20.8 Å². The van der Waals surface area contributed by atoms with Crippen LogP contribution in [0.3, 0.4) is 0 Å². The molecule has 1 aromatic rings. The minimum Gasteiger partial charge on any atom is -0.398 e. The number of sulfonamides is 1. The molecule has 0 aliphatic heterocycles. The molecule has 0 amide bonds. The maximum Gasteiger partial charge on any atom is 0.245 e. The van der Waals surface area contributed by atoms with Gasteiger partial charge in [0.15, 0.2) is 0 Å². The third-order valence-corrected chi connectivity index (χ3v) is 5.42. The van der Waals surface area contributed by atoms with E-state index in [0.717, 1.165) is 6.42 Å². The van der Waals surface area contributed by atoms with Crippen molar-refractivity contribution in [3.63, 3.8) is 0 Å². The van der Waals surface area contributed by atoms with E-state index in [2.05, 4.69) is 0 Å². The quantitative estimate of drug-likeness (QED) is 0.839. The van der Waals surface area contributed by atoms with Crippen molar-refractivity contribution in [2.24, 2.45) is 0 Å². The molecule has 0 aliphatic carbocycles. The number of rotatable bonds is 4. The Morgan fingerprint density at radius 2 is 1.82 bits per heavy atom. The molecule has 1 aromatic carbocycles. The number of nitrogens with zero attached hydrogens (tertiary/aromatic N) is 1. The number of para-hydroxylation sites is 1. The summed E-state index contributed by atoms with van der Waals surface area (Å²) in [6.07, 6.45) is 0.732. The van der Waals surface area contributed by atoms with Gasteiger partial charge in [-0.15, -0.1) is 0 Å². The smallest absolute Gasteiger partial charge is 0.245 e. The van der Waals surface area contributed by atoms with E-state index >= 15 is 0 Å². The molecule has 0 saturated heterocycles. The number of hydrogen-bond donors (Lipinski definition) is 1. The molecule has 5 heteroatoms. The first-order valence-corrected chi connectivity index (χ1v) is 7.01. The van der Waals surface area contributed by atoms with Crippen LogP contribution in [-0.2, 0) is 10.0 Å². The second-order valence-electron chi connectivity index (χ2n) is 4.68. The standard InChI is InChI=1S/C12H20N2O2S/c1-5-12(2,3)14(4)17(15,16)11-9-7-6-8-10(11)13/h6-9H,5,13H2,1-4H3. The summed E-state index contributed by atoms with van der Waals surface area (Å²) < 4.78 is 26.2. The highest BCUT2D eigenvalue weighted by Crippen LogP contribution is 2.27. The fourth-order valence-corrected chi connectivity index (χ4v) is 3.10. The molecule has 2 N–H and O–H groups in total. The predicted octanol–water partition coefficient (Wildman–Crippen LogP) is 2.08. The molecule has 0 unspecified atom stereocenters. The lowest BCUT2D eigenvalue weighted by Gasteiger charge is -2.33. The Morgan fingerprint density at radius 3 is 2.29 bits per heavy atom. The summed E-state index contributed by atoms with van der Waals surface area (Å²) in [6, 6.07) is 6.53. The zero-order valence-electron chi connectivity index (χ0n) is 10.8. The molecule has 0 saturated carbocycles. The Bertz CT molecular complexity index is 495. The van der Waals surface area contributed by atoms with Gasteiger partial charge in [0.25, 0.3) is 0 Å². The summed E-state index contributed by atoms with van der Waals surface area (Å²) in [5, 5.41) is 0. The van der Waals surface area contributed by atoms with Crippen LogP contribution >= 0.6 is 0 Å². The number of hydrogen-bond acceptors (Lipinski definition) is 3. The average molecular weight is 256 g/mol. The van der Waals surface area contributed by atoms with E-state index in [-0.39, 0.29) is 10.6 Å². The highest BCUT2D eigenvalue weighted by molar-refractivity contribution is 7.89. The summed E-state index contributed by atoms with van der Waals surface area (Å²) in [5.74, 6) is 0. The first kappa shape index (κ1) is 14.0. The highest BCUT2D eigenvalue weighted by atomic mass is 32.2. The summed E-state index contributed by atoms with van der Waals surface area (Å²) in [5.41, 5.74) is 5.58. The van der Waals surface area contributed by atoms with Crippen LogP contribution in [0, 0.1) is 0 Å². The number of benzene rings is 1. The van der Waals surface area contributed by atoms with Crippen molar-refractivity contribution in [1.29, 1.82) is 0 Å². The van der Waals surface area contributed by atoms with E-state index in [4.69, 9.17) is 5.73 Å². The van der Waals surface area contributed by atoms with Gasteiger partial charge < -0.3 is 5.73 Å². The van der Waals surface area contributed by atoms with Crippen LogP contribution < -0.4 is 5.73 Å². The lowest BCUT2D eigenvalue weighted by Crippen LogP contribution is -2.44. The molecule has 0 radical (unpaired) electrons. The fourth-order valence-electron chi connectivity index (χ4n) is 1.41. The molecule has 0 aromatic heterocycles. The van der Waals surface area contributed by atoms with E-state index < -0.39 is 15.6 Å². The molecule has 17 heavy (non-hydrogen) atoms. The highest BCUT2D eigenvalue weighted by Gasteiger charge is 2.33. The lowest BCUT2D eigenvalue weighted by molar-refractivity contribution is 0.257. The zero-order valence-corrected chi connectivity index (χ0v) is 11.6. The summed E-state index contributed by atoms with van der Waals surface area (Å²) >= 11 is 0. The third kappa shape index (κ3) is 2.61. The van der Waals surface area contributed by atoms with Crippen LogP contribution in [0.25, 0.3) is 0 Å². The Morgan fingerprint density at radius 1 is 1.29 bits per heavy atom. The first-order chi connectivity index (χ1) is 7.73. The van der Waals surface area contributed by atoms with Crippen LogP contribution in [-0.4, -0.2) is 25.3 Å². The minimum atomic E-state index is -3.53. The first-order valence-electron chi connectivity index (χ1n) is 5.57. The molecule has 0 heterocycles. The van der Waals surface area contributed by atoms with Gasteiger partial charge in [0, 0.05) is 12.6 Å². The molecule has 0 spiro atoms. The largest absolute Gasteiger partial charge is 0.398 e. The van der Waals surface area contributed by atoms with Crippen LogP contribution in [0.4, 0.5) is 5.69 Å². The van der Waals surface area contributed by atoms with Gasteiger partial charge in [0.2, 0.25) is 10.0 Å². The Labute approximate surface area is 103 Å². The maximum atomic E-state index is 12.4. The Balaban J connectivity index is 3.26. The zero-order chi connectivity index (χ0) is 13.3. The second kappa shape index (κ2) is 4.66. The molecule has 0 aliphatic rings. The molecular formula is C12H20N2O2S. The average Bonchev–Trinajstić information content (AvgIpc) is 2.28. The van der Waals surface area contributed by atoms with Crippen molar-refractivity contribution in [2.45, 2.75) is 37.6 Å². The van der Waals surface area contributed by atoms with Gasteiger partial charge in [0.05, 0.1) is 5.69 Å². The molecule has 4 nitrogen and oxygen atoms in total. The predicted molar refractivity (Wildman–Crippen MR) is 70.2 cm³/mol. The van der Waals surface area contributed by atoms with Crippen LogP contribution in [0.5, 0.6) is 0 Å². The van der Waals surface area contributed by atoms with Gasteiger partial charge in [-0.05, 0) is 32.4 Å². The normalized spacial score (nSPS) is 13.0. The Kier molecular flexibility index (Phi) is 3.84. The lowest BCUT2D eigenvalue weighted by atomic mass is 10.0. The molecule has 0 fully saturated rings. The van der Waals surface area contributed by atoms with Gasteiger partial charge >= 0.3 is 0 Å². The monoisotopic (exact) mass is 256 g/mol. The number of nitrogen functional groups attached to an aromatic ring is 1. The van der Waals surface area contributed by atoms with Gasteiger partial charge in [-0.2, -0.15) is 4.31 Å².